The van der Waals surface area contributed by atoms with Gasteiger partial charge in [0, 0.05) is 10.0 Å². The average molecular weight is 451 g/mol. The SMILES string of the molecule is COc1ccccc1-n1cnnc1S[C@H](C)C(=O)N[C@H](C)c1ccc(Cl)cc1Cl. The van der Waals surface area contributed by atoms with Gasteiger partial charge in [0.2, 0.25) is 5.91 Å². The van der Waals surface area contributed by atoms with E-state index in [9.17, 15) is 4.79 Å². The molecular formula is C20H20Cl2N4O2S. The van der Waals surface area contributed by atoms with E-state index in [-0.39, 0.29) is 11.9 Å². The molecule has 0 aliphatic carbocycles. The highest BCUT2D eigenvalue weighted by molar-refractivity contribution is 8.00. The van der Waals surface area contributed by atoms with Crippen LogP contribution in [-0.2, 0) is 4.79 Å². The molecule has 2 aromatic carbocycles. The van der Waals surface area contributed by atoms with Gasteiger partial charge in [-0.25, -0.2) is 0 Å². The van der Waals surface area contributed by atoms with Crippen LogP contribution in [0.15, 0.2) is 53.9 Å². The van der Waals surface area contributed by atoms with Crippen LogP contribution < -0.4 is 10.1 Å². The van der Waals surface area contributed by atoms with Crippen LogP contribution in [0, 0.1) is 0 Å². The van der Waals surface area contributed by atoms with Crippen LogP contribution in [0.3, 0.4) is 0 Å². The third-order valence-electron chi connectivity index (χ3n) is 4.30. The molecule has 1 aromatic heterocycles. The van der Waals surface area contributed by atoms with Crippen molar-refractivity contribution in [1.82, 2.24) is 20.1 Å². The number of benzene rings is 2. The van der Waals surface area contributed by atoms with Gasteiger partial charge in [0.25, 0.3) is 0 Å². The van der Waals surface area contributed by atoms with Gasteiger partial charge in [-0.15, -0.1) is 10.2 Å². The molecule has 1 N–H and O–H groups in total. The summed E-state index contributed by atoms with van der Waals surface area (Å²) >= 11 is 13.5. The number of hydrogen-bond donors (Lipinski definition) is 1. The summed E-state index contributed by atoms with van der Waals surface area (Å²) in [5.74, 6) is 0.556. The third kappa shape index (κ3) is 5.04. The fourth-order valence-electron chi connectivity index (χ4n) is 2.77. The lowest BCUT2D eigenvalue weighted by atomic mass is 10.1. The van der Waals surface area contributed by atoms with Crippen molar-refractivity contribution in [2.24, 2.45) is 0 Å². The number of carbonyl (C=O) groups is 1. The largest absolute Gasteiger partial charge is 0.495 e. The van der Waals surface area contributed by atoms with E-state index in [1.807, 2.05) is 44.2 Å². The van der Waals surface area contributed by atoms with Crippen LogP contribution in [0.25, 0.3) is 5.69 Å². The van der Waals surface area contributed by atoms with Gasteiger partial charge in [-0.1, -0.05) is 53.2 Å². The lowest BCUT2D eigenvalue weighted by Crippen LogP contribution is -2.33. The van der Waals surface area contributed by atoms with Gasteiger partial charge in [0.1, 0.15) is 12.1 Å². The summed E-state index contributed by atoms with van der Waals surface area (Å²) in [5, 5.41) is 12.4. The zero-order valence-electron chi connectivity index (χ0n) is 16.1. The molecule has 0 aliphatic heterocycles. The molecule has 0 saturated carbocycles. The van der Waals surface area contributed by atoms with E-state index >= 15 is 0 Å². The highest BCUT2D eigenvalue weighted by Gasteiger charge is 2.22. The Bertz CT molecular complexity index is 1010. The lowest BCUT2D eigenvalue weighted by molar-refractivity contribution is -0.120. The third-order valence-corrected chi connectivity index (χ3v) is 5.92. The minimum Gasteiger partial charge on any atom is -0.495 e. The molecule has 0 unspecified atom stereocenters. The summed E-state index contributed by atoms with van der Waals surface area (Å²) in [6, 6.07) is 12.5. The van der Waals surface area contributed by atoms with Crippen molar-refractivity contribution in [3.05, 3.63) is 64.4 Å². The van der Waals surface area contributed by atoms with Gasteiger partial charge < -0.3 is 10.1 Å². The van der Waals surface area contributed by atoms with Crippen molar-refractivity contribution in [1.29, 1.82) is 0 Å². The van der Waals surface area contributed by atoms with Crippen LogP contribution in [0.2, 0.25) is 10.0 Å². The molecule has 0 saturated heterocycles. The number of nitrogens with one attached hydrogen (secondary N) is 1. The number of amides is 1. The van der Waals surface area contributed by atoms with Gasteiger partial charge in [-0.3, -0.25) is 9.36 Å². The Hall–Kier alpha value is -2.22. The van der Waals surface area contributed by atoms with Crippen LogP contribution in [0.4, 0.5) is 0 Å². The summed E-state index contributed by atoms with van der Waals surface area (Å²) in [6.07, 6.45) is 1.60. The molecule has 0 spiro atoms. The first-order valence-corrected chi connectivity index (χ1v) is 10.5. The van der Waals surface area contributed by atoms with Crippen molar-refractivity contribution < 1.29 is 9.53 Å². The Balaban J connectivity index is 1.72. The summed E-state index contributed by atoms with van der Waals surface area (Å²) in [4.78, 5) is 12.7. The number of methoxy groups -OCH3 is 1. The lowest BCUT2D eigenvalue weighted by Gasteiger charge is -2.19. The van der Waals surface area contributed by atoms with Crippen molar-refractivity contribution in [2.75, 3.05) is 7.11 Å². The van der Waals surface area contributed by atoms with Crippen molar-refractivity contribution in [2.45, 2.75) is 30.3 Å². The predicted molar refractivity (Wildman–Crippen MR) is 116 cm³/mol. The molecule has 1 amide bonds. The van der Waals surface area contributed by atoms with Gasteiger partial charge in [0.05, 0.1) is 24.1 Å². The quantitative estimate of drug-likeness (QED) is 0.516. The Morgan fingerprint density at radius 3 is 2.69 bits per heavy atom. The maximum atomic E-state index is 12.7. The number of ether oxygens (including phenoxy) is 1. The topological polar surface area (TPSA) is 69.0 Å². The van der Waals surface area contributed by atoms with E-state index in [0.717, 1.165) is 11.3 Å². The first-order chi connectivity index (χ1) is 13.9. The molecule has 0 bridgehead atoms. The maximum absolute atomic E-state index is 12.7. The number of hydrogen-bond acceptors (Lipinski definition) is 5. The minimum atomic E-state index is -0.402. The number of rotatable bonds is 7. The number of nitrogens with zero attached hydrogens (tertiary/aromatic N) is 3. The van der Waals surface area contributed by atoms with Crippen LogP contribution in [-0.4, -0.2) is 33.0 Å². The monoisotopic (exact) mass is 450 g/mol. The van der Waals surface area contributed by atoms with Gasteiger partial charge in [-0.2, -0.15) is 0 Å². The summed E-state index contributed by atoms with van der Waals surface area (Å²) in [5.41, 5.74) is 1.61. The number of aromatic nitrogens is 3. The normalized spacial score (nSPS) is 13.0. The first kappa shape index (κ1) is 21.5. The molecule has 152 valence electrons. The van der Waals surface area contributed by atoms with Gasteiger partial charge in [-0.05, 0) is 43.7 Å². The summed E-state index contributed by atoms with van der Waals surface area (Å²) in [7, 11) is 1.61. The van der Waals surface area contributed by atoms with E-state index in [1.165, 1.54) is 11.8 Å². The standard InChI is InChI=1S/C20H20Cl2N4O2S/c1-12(15-9-8-14(21)10-16(15)22)24-19(27)13(2)29-20-25-23-11-26(20)17-6-4-5-7-18(17)28-3/h4-13H,1-3H3,(H,24,27)/t12-,13-/m1/s1. The highest BCUT2D eigenvalue weighted by Crippen LogP contribution is 2.30. The van der Waals surface area contributed by atoms with E-state index in [4.69, 9.17) is 27.9 Å². The molecule has 0 radical (unpaired) electrons. The zero-order chi connectivity index (χ0) is 21.0. The molecule has 9 heteroatoms. The molecule has 2 atom stereocenters. The van der Waals surface area contributed by atoms with Crippen molar-refractivity contribution in [3.63, 3.8) is 0 Å². The maximum Gasteiger partial charge on any atom is 0.233 e. The molecule has 3 rings (SSSR count). The molecular weight excluding hydrogens is 431 g/mol. The van der Waals surface area contributed by atoms with E-state index < -0.39 is 5.25 Å². The number of para-hydroxylation sites is 2. The molecule has 1 heterocycles. The second-order valence-corrected chi connectivity index (χ2v) is 8.46. The first-order valence-electron chi connectivity index (χ1n) is 8.86. The van der Waals surface area contributed by atoms with E-state index in [1.54, 1.807) is 30.1 Å². The molecule has 0 fully saturated rings. The van der Waals surface area contributed by atoms with Crippen LogP contribution >= 0.6 is 35.0 Å². The number of carbonyl (C=O) groups excluding carboxylic acids is 1. The van der Waals surface area contributed by atoms with Crippen molar-refractivity contribution >= 4 is 40.9 Å². The van der Waals surface area contributed by atoms with Crippen LogP contribution in [0.5, 0.6) is 5.75 Å². The Kier molecular flexibility index (Phi) is 7.05. The average Bonchev–Trinajstić information content (AvgIpc) is 3.15. The Morgan fingerprint density at radius 2 is 1.97 bits per heavy atom. The second kappa shape index (κ2) is 9.52. The molecule has 0 aliphatic rings. The summed E-state index contributed by atoms with van der Waals surface area (Å²) in [6.45, 7) is 3.69. The van der Waals surface area contributed by atoms with Gasteiger partial charge in [0.15, 0.2) is 5.16 Å². The molecule has 3 aromatic rings. The predicted octanol–water partition coefficient (Wildman–Crippen LogP) is 4.94. The summed E-state index contributed by atoms with van der Waals surface area (Å²) < 4.78 is 7.21. The number of halogens is 2. The van der Waals surface area contributed by atoms with Crippen LogP contribution in [0.1, 0.15) is 25.5 Å². The Labute approximate surface area is 183 Å². The van der Waals surface area contributed by atoms with E-state index in [2.05, 4.69) is 15.5 Å². The fourth-order valence-corrected chi connectivity index (χ4v) is 4.19. The van der Waals surface area contributed by atoms with Gasteiger partial charge >= 0.3 is 0 Å². The fraction of sp³-hybridized carbons (Fsp3) is 0.250. The second-order valence-electron chi connectivity index (χ2n) is 6.31. The molecule has 6 nitrogen and oxygen atoms in total. The van der Waals surface area contributed by atoms with Crippen molar-refractivity contribution in [3.8, 4) is 11.4 Å². The minimum absolute atomic E-state index is 0.136. The smallest absolute Gasteiger partial charge is 0.233 e. The Morgan fingerprint density at radius 1 is 1.21 bits per heavy atom. The highest BCUT2D eigenvalue weighted by atomic mass is 35.5. The molecule has 29 heavy (non-hydrogen) atoms. The van der Waals surface area contributed by atoms with E-state index in [0.29, 0.717) is 21.0 Å². The zero-order valence-corrected chi connectivity index (χ0v) is 18.4. The number of thioether (sulfide) groups is 1.